The summed E-state index contributed by atoms with van der Waals surface area (Å²) in [5.41, 5.74) is 3.42. The van der Waals surface area contributed by atoms with Gasteiger partial charge in [0.15, 0.2) is 6.29 Å². The van der Waals surface area contributed by atoms with Crippen molar-refractivity contribution >= 4 is 21.4 Å². The molecule has 1 atom stereocenters. The smallest absolute Gasteiger partial charge is 0.238 e. The minimum Gasteiger partial charge on any atom is -0.493 e. The van der Waals surface area contributed by atoms with Crippen LogP contribution in [0, 0.1) is 5.92 Å². The molecule has 0 saturated carbocycles. The highest BCUT2D eigenvalue weighted by Gasteiger charge is 2.19. The third-order valence-corrected chi connectivity index (χ3v) is 7.80. The number of aliphatic hydroxyl groups excluding tert-OH is 1. The van der Waals surface area contributed by atoms with Crippen LogP contribution in [0.5, 0.6) is 5.75 Å². The largest absolute Gasteiger partial charge is 0.493 e. The van der Waals surface area contributed by atoms with E-state index in [0.29, 0.717) is 36.4 Å². The number of aromatic nitrogens is 3. The monoisotopic (exact) mass is 542 g/mol. The minimum atomic E-state index is -3.78. The van der Waals surface area contributed by atoms with Crippen LogP contribution >= 0.6 is 11.3 Å². The zero-order valence-electron chi connectivity index (χ0n) is 19.7. The standard InChI is InChI=1S/C25H26N4O6S2/c26-37(32,33)21-6-4-16(5-7-21)10-19-12-29(25-27-22(15-36-25)24(30)31)28-23(19)18-2-1-3-20(11-18)35-14-17-8-9-34-13-17/h1-7,11-12,15,17,24,30-31H,8-10,13-14H2,(H2,26,32,33). The van der Waals surface area contributed by atoms with Gasteiger partial charge in [-0.2, -0.15) is 5.10 Å². The van der Waals surface area contributed by atoms with Crippen molar-refractivity contribution < 1.29 is 28.1 Å². The highest BCUT2D eigenvalue weighted by Crippen LogP contribution is 2.30. The van der Waals surface area contributed by atoms with Crippen LogP contribution in [0.15, 0.2) is 65.0 Å². The zero-order valence-corrected chi connectivity index (χ0v) is 21.4. The van der Waals surface area contributed by atoms with Gasteiger partial charge >= 0.3 is 0 Å². The number of aliphatic hydroxyl groups is 2. The van der Waals surface area contributed by atoms with Crippen LogP contribution in [-0.2, 0) is 21.2 Å². The number of hydrogen-bond donors (Lipinski definition) is 3. The van der Waals surface area contributed by atoms with Crippen molar-refractivity contribution in [1.29, 1.82) is 0 Å². The number of nitrogens with two attached hydrogens (primary N) is 1. The first kappa shape index (κ1) is 25.5. The van der Waals surface area contributed by atoms with Gasteiger partial charge in [-0.15, -0.1) is 11.3 Å². The summed E-state index contributed by atoms with van der Waals surface area (Å²) >= 11 is 1.24. The normalized spacial score (nSPS) is 15.9. The minimum absolute atomic E-state index is 0.0440. The van der Waals surface area contributed by atoms with Crippen molar-refractivity contribution in [3.63, 3.8) is 0 Å². The SMILES string of the molecule is NS(=O)(=O)c1ccc(Cc2cn(-c3nc(C(O)O)cs3)nc2-c2cccc(OCC3CCOC3)c2)cc1. The molecule has 1 unspecified atom stereocenters. The first-order valence-corrected chi connectivity index (χ1v) is 14.0. The fraction of sp³-hybridized carbons (Fsp3) is 0.280. The molecule has 10 nitrogen and oxygen atoms in total. The predicted octanol–water partition coefficient (Wildman–Crippen LogP) is 2.63. The summed E-state index contributed by atoms with van der Waals surface area (Å²) in [6.45, 7) is 2.04. The topological polar surface area (TPSA) is 150 Å². The zero-order chi connectivity index (χ0) is 26.0. The van der Waals surface area contributed by atoms with E-state index in [9.17, 15) is 18.6 Å². The van der Waals surface area contributed by atoms with Gasteiger partial charge in [-0.25, -0.2) is 23.2 Å². The van der Waals surface area contributed by atoms with Gasteiger partial charge in [-0.05, 0) is 36.2 Å². The van der Waals surface area contributed by atoms with Gasteiger partial charge in [0.1, 0.15) is 11.4 Å². The van der Waals surface area contributed by atoms with Gasteiger partial charge in [0, 0.05) is 41.6 Å². The second kappa shape index (κ2) is 10.7. The Balaban J connectivity index is 1.47. The summed E-state index contributed by atoms with van der Waals surface area (Å²) < 4.78 is 36.3. The lowest BCUT2D eigenvalue weighted by Crippen LogP contribution is -2.11. The van der Waals surface area contributed by atoms with Crippen molar-refractivity contribution in [2.75, 3.05) is 19.8 Å². The molecule has 0 radical (unpaired) electrons. The molecule has 0 bridgehead atoms. The second-order valence-electron chi connectivity index (χ2n) is 8.81. The van der Waals surface area contributed by atoms with Crippen molar-refractivity contribution in [1.82, 2.24) is 14.8 Å². The molecule has 0 aliphatic carbocycles. The molecule has 4 N–H and O–H groups in total. The molecule has 37 heavy (non-hydrogen) atoms. The number of primary sulfonamides is 1. The number of benzene rings is 2. The number of hydrogen-bond acceptors (Lipinski definition) is 9. The van der Waals surface area contributed by atoms with Crippen LogP contribution in [0.1, 0.15) is 29.5 Å². The van der Waals surface area contributed by atoms with E-state index >= 15 is 0 Å². The molecule has 1 fully saturated rings. The maximum Gasteiger partial charge on any atom is 0.238 e. The Bertz CT molecular complexity index is 1480. The lowest BCUT2D eigenvalue weighted by molar-refractivity contribution is -0.0454. The van der Waals surface area contributed by atoms with Gasteiger partial charge in [0.25, 0.3) is 0 Å². The van der Waals surface area contributed by atoms with Gasteiger partial charge in [-0.1, -0.05) is 24.3 Å². The Morgan fingerprint density at radius 3 is 2.70 bits per heavy atom. The van der Waals surface area contributed by atoms with E-state index in [1.807, 2.05) is 30.5 Å². The lowest BCUT2D eigenvalue weighted by atomic mass is 10.0. The maximum absolute atomic E-state index is 11.6. The van der Waals surface area contributed by atoms with E-state index in [-0.39, 0.29) is 10.6 Å². The molecule has 5 rings (SSSR count). The average Bonchev–Trinajstić information content (AvgIpc) is 3.64. The van der Waals surface area contributed by atoms with Crippen molar-refractivity contribution in [3.8, 4) is 22.1 Å². The van der Waals surface area contributed by atoms with Gasteiger partial charge in [-0.3, -0.25) is 0 Å². The molecule has 0 spiro atoms. The maximum atomic E-state index is 11.6. The Morgan fingerprint density at radius 1 is 1.22 bits per heavy atom. The van der Waals surface area contributed by atoms with Gasteiger partial charge in [0.2, 0.25) is 15.2 Å². The molecule has 12 heteroatoms. The molecule has 3 heterocycles. The Hall–Kier alpha value is -3.13. The van der Waals surface area contributed by atoms with Crippen LogP contribution < -0.4 is 9.88 Å². The van der Waals surface area contributed by atoms with E-state index in [2.05, 4.69) is 4.98 Å². The van der Waals surface area contributed by atoms with Crippen LogP contribution in [-0.4, -0.2) is 53.2 Å². The van der Waals surface area contributed by atoms with Crippen molar-refractivity contribution in [2.45, 2.75) is 24.0 Å². The summed E-state index contributed by atoms with van der Waals surface area (Å²) in [5, 5.41) is 30.9. The second-order valence-corrected chi connectivity index (χ2v) is 11.2. The van der Waals surface area contributed by atoms with Crippen molar-refractivity contribution in [2.24, 2.45) is 11.1 Å². The third kappa shape index (κ3) is 6.06. The molecular weight excluding hydrogens is 516 g/mol. The summed E-state index contributed by atoms with van der Waals surface area (Å²) in [7, 11) is -3.78. The van der Waals surface area contributed by atoms with Crippen LogP contribution in [0.2, 0.25) is 0 Å². The summed E-state index contributed by atoms with van der Waals surface area (Å²) in [6.07, 6.45) is 1.61. The van der Waals surface area contributed by atoms with E-state index in [1.54, 1.807) is 22.2 Å². The van der Waals surface area contributed by atoms with Gasteiger partial charge in [0.05, 0.1) is 23.8 Å². The molecule has 4 aromatic rings. The highest BCUT2D eigenvalue weighted by atomic mass is 32.2. The van der Waals surface area contributed by atoms with E-state index < -0.39 is 16.3 Å². The Morgan fingerprint density at radius 2 is 2.03 bits per heavy atom. The quantitative estimate of drug-likeness (QED) is 0.273. The predicted molar refractivity (Wildman–Crippen MR) is 137 cm³/mol. The van der Waals surface area contributed by atoms with Crippen molar-refractivity contribution in [3.05, 3.63) is 76.9 Å². The van der Waals surface area contributed by atoms with E-state index in [4.69, 9.17) is 19.7 Å². The van der Waals surface area contributed by atoms with E-state index in [1.165, 1.54) is 23.5 Å². The number of sulfonamides is 1. The fourth-order valence-electron chi connectivity index (χ4n) is 4.06. The first-order chi connectivity index (χ1) is 17.8. The number of thiazole rings is 1. The molecule has 1 saturated heterocycles. The van der Waals surface area contributed by atoms with E-state index in [0.717, 1.165) is 35.5 Å². The molecule has 2 aromatic carbocycles. The van der Waals surface area contributed by atoms with Gasteiger partial charge < -0.3 is 19.7 Å². The summed E-state index contributed by atoms with van der Waals surface area (Å²) in [4.78, 5) is 4.31. The van der Waals surface area contributed by atoms with Crippen LogP contribution in [0.25, 0.3) is 16.4 Å². The highest BCUT2D eigenvalue weighted by molar-refractivity contribution is 7.89. The first-order valence-electron chi connectivity index (χ1n) is 11.6. The average molecular weight is 543 g/mol. The van der Waals surface area contributed by atoms with Crippen LogP contribution in [0.3, 0.4) is 0 Å². The van der Waals surface area contributed by atoms with Crippen LogP contribution in [0.4, 0.5) is 0 Å². The summed E-state index contributed by atoms with van der Waals surface area (Å²) in [6, 6.07) is 14.1. The number of nitrogens with zero attached hydrogens (tertiary/aromatic N) is 3. The number of ether oxygens (including phenoxy) is 2. The molecule has 1 aliphatic heterocycles. The lowest BCUT2D eigenvalue weighted by Gasteiger charge is -2.11. The Labute approximate surface area is 218 Å². The molecule has 2 aromatic heterocycles. The number of rotatable bonds is 9. The third-order valence-electron chi connectivity index (χ3n) is 6.02. The molecule has 0 amide bonds. The Kier molecular flexibility index (Phi) is 7.38. The fourth-order valence-corrected chi connectivity index (χ4v) is 5.33. The molecule has 194 valence electrons. The summed E-state index contributed by atoms with van der Waals surface area (Å²) in [5.74, 6) is 1.10. The molecular formula is C25H26N4O6S2. The molecule has 1 aliphatic rings.